The molecule has 2 N–H and O–H groups in total. The van der Waals surface area contributed by atoms with E-state index >= 15 is 0 Å². The van der Waals surface area contributed by atoms with Crippen molar-refractivity contribution < 1.29 is 9.59 Å². The summed E-state index contributed by atoms with van der Waals surface area (Å²) in [7, 11) is 0. The number of hydrogen-bond donors (Lipinski definition) is 2. The predicted octanol–water partition coefficient (Wildman–Crippen LogP) is 0.217. The number of amides is 2. The highest BCUT2D eigenvalue weighted by atomic mass is 16.2. The summed E-state index contributed by atoms with van der Waals surface area (Å²) in [5, 5.41) is 6.14. The zero-order chi connectivity index (χ0) is 13.8. The fourth-order valence-corrected chi connectivity index (χ4v) is 3.06. The van der Waals surface area contributed by atoms with Crippen molar-refractivity contribution in [3.05, 3.63) is 0 Å². The maximum absolute atomic E-state index is 12.4. The lowest BCUT2D eigenvalue weighted by molar-refractivity contribution is -0.139. The molecule has 0 bridgehead atoms. The maximum Gasteiger partial charge on any atom is 0.227 e. The average Bonchev–Trinajstić information content (AvgIpc) is 2.84. The van der Waals surface area contributed by atoms with Gasteiger partial charge in [-0.2, -0.15) is 0 Å². The second-order valence-electron chi connectivity index (χ2n) is 5.74. The molecule has 2 fully saturated rings. The van der Waals surface area contributed by atoms with E-state index in [1.807, 2.05) is 11.8 Å². The van der Waals surface area contributed by atoms with E-state index in [0.717, 1.165) is 39.0 Å². The second kappa shape index (κ2) is 6.37. The Hall–Kier alpha value is -1.10. The van der Waals surface area contributed by atoms with E-state index < -0.39 is 0 Å². The molecule has 0 aromatic heterocycles. The topological polar surface area (TPSA) is 61.4 Å². The number of piperidine rings is 1. The molecule has 2 aliphatic rings. The van der Waals surface area contributed by atoms with Crippen LogP contribution in [0.15, 0.2) is 0 Å². The minimum absolute atomic E-state index is 0.0862. The Bertz CT molecular complexity index is 338. The lowest BCUT2D eigenvalue weighted by Gasteiger charge is -2.33. The van der Waals surface area contributed by atoms with Gasteiger partial charge in [-0.25, -0.2) is 0 Å². The van der Waals surface area contributed by atoms with E-state index in [2.05, 4.69) is 17.6 Å². The van der Waals surface area contributed by atoms with Crippen molar-refractivity contribution in [2.75, 3.05) is 32.7 Å². The Morgan fingerprint density at radius 3 is 2.47 bits per heavy atom. The molecule has 0 aromatic rings. The number of carbonyl (C=O) groups excluding carboxylic acids is 2. The van der Waals surface area contributed by atoms with Crippen LogP contribution in [-0.4, -0.2) is 49.4 Å². The molecule has 0 spiro atoms. The van der Waals surface area contributed by atoms with Crippen LogP contribution in [0.25, 0.3) is 0 Å². The maximum atomic E-state index is 12.4. The number of hydrogen-bond acceptors (Lipinski definition) is 3. The fourth-order valence-electron chi connectivity index (χ4n) is 3.06. The van der Waals surface area contributed by atoms with Crippen LogP contribution in [0, 0.1) is 17.8 Å². The second-order valence-corrected chi connectivity index (χ2v) is 5.74. The first kappa shape index (κ1) is 14.3. The standard InChI is InChI=1S/C14H25N3O2/c1-3-16-13(18)11-4-6-17(7-5-11)14(19)12-9-15-8-10(12)2/h10-12,15H,3-9H2,1-2H3,(H,16,18). The van der Waals surface area contributed by atoms with Crippen molar-refractivity contribution in [3.8, 4) is 0 Å². The summed E-state index contributed by atoms with van der Waals surface area (Å²) >= 11 is 0. The summed E-state index contributed by atoms with van der Waals surface area (Å²) in [6.45, 7) is 7.94. The average molecular weight is 267 g/mol. The fraction of sp³-hybridized carbons (Fsp3) is 0.857. The van der Waals surface area contributed by atoms with Crippen LogP contribution in [-0.2, 0) is 9.59 Å². The molecule has 2 unspecified atom stereocenters. The first-order valence-corrected chi connectivity index (χ1v) is 7.40. The van der Waals surface area contributed by atoms with Gasteiger partial charge in [-0.05, 0) is 32.2 Å². The molecular formula is C14H25N3O2. The summed E-state index contributed by atoms with van der Waals surface area (Å²) < 4.78 is 0. The SMILES string of the molecule is CCNC(=O)C1CCN(C(=O)C2CNCC2C)CC1. The summed E-state index contributed by atoms with van der Waals surface area (Å²) in [5.41, 5.74) is 0. The number of carbonyl (C=O) groups is 2. The number of rotatable bonds is 3. The van der Waals surface area contributed by atoms with Crippen molar-refractivity contribution >= 4 is 11.8 Å². The third-order valence-electron chi connectivity index (χ3n) is 4.36. The van der Waals surface area contributed by atoms with Gasteiger partial charge in [0, 0.05) is 32.1 Å². The zero-order valence-corrected chi connectivity index (χ0v) is 11.9. The Morgan fingerprint density at radius 2 is 1.95 bits per heavy atom. The summed E-state index contributed by atoms with van der Waals surface area (Å²) in [5.74, 6) is 1.05. The summed E-state index contributed by atoms with van der Waals surface area (Å²) in [4.78, 5) is 26.1. The van der Waals surface area contributed by atoms with Gasteiger partial charge in [0.25, 0.3) is 0 Å². The highest BCUT2D eigenvalue weighted by molar-refractivity contribution is 5.81. The van der Waals surface area contributed by atoms with Crippen LogP contribution in [0.3, 0.4) is 0 Å². The largest absolute Gasteiger partial charge is 0.356 e. The molecular weight excluding hydrogens is 242 g/mol. The first-order chi connectivity index (χ1) is 9.13. The van der Waals surface area contributed by atoms with Crippen LogP contribution in [0.2, 0.25) is 0 Å². The number of nitrogens with zero attached hydrogens (tertiary/aromatic N) is 1. The third-order valence-corrected chi connectivity index (χ3v) is 4.36. The lowest BCUT2D eigenvalue weighted by Crippen LogP contribution is -2.46. The quantitative estimate of drug-likeness (QED) is 0.769. The molecule has 108 valence electrons. The van der Waals surface area contributed by atoms with E-state index in [4.69, 9.17) is 0 Å². The predicted molar refractivity (Wildman–Crippen MR) is 73.5 cm³/mol. The molecule has 5 heteroatoms. The molecule has 2 atom stereocenters. The van der Waals surface area contributed by atoms with E-state index in [-0.39, 0.29) is 23.7 Å². The normalized spacial score (nSPS) is 28.4. The van der Waals surface area contributed by atoms with Gasteiger partial charge in [0.1, 0.15) is 0 Å². The Kier molecular flexibility index (Phi) is 4.80. The first-order valence-electron chi connectivity index (χ1n) is 7.40. The van der Waals surface area contributed by atoms with Crippen molar-refractivity contribution in [3.63, 3.8) is 0 Å². The molecule has 19 heavy (non-hydrogen) atoms. The van der Waals surface area contributed by atoms with Crippen LogP contribution in [0.1, 0.15) is 26.7 Å². The van der Waals surface area contributed by atoms with E-state index in [1.165, 1.54) is 0 Å². The lowest BCUT2D eigenvalue weighted by atomic mass is 9.92. The van der Waals surface area contributed by atoms with Crippen molar-refractivity contribution in [2.24, 2.45) is 17.8 Å². The van der Waals surface area contributed by atoms with E-state index in [9.17, 15) is 9.59 Å². The van der Waals surface area contributed by atoms with Crippen LogP contribution in [0.4, 0.5) is 0 Å². The van der Waals surface area contributed by atoms with Crippen LogP contribution in [0.5, 0.6) is 0 Å². The van der Waals surface area contributed by atoms with Gasteiger partial charge in [0.2, 0.25) is 11.8 Å². The van der Waals surface area contributed by atoms with Crippen LogP contribution >= 0.6 is 0 Å². The molecule has 2 saturated heterocycles. The van der Waals surface area contributed by atoms with Gasteiger partial charge in [0.15, 0.2) is 0 Å². The Balaban J connectivity index is 1.82. The number of likely N-dealkylation sites (tertiary alicyclic amines) is 1. The van der Waals surface area contributed by atoms with Crippen molar-refractivity contribution in [1.82, 2.24) is 15.5 Å². The smallest absolute Gasteiger partial charge is 0.227 e. The number of nitrogens with one attached hydrogen (secondary N) is 2. The highest BCUT2D eigenvalue weighted by Gasteiger charge is 2.35. The summed E-state index contributed by atoms with van der Waals surface area (Å²) in [6.07, 6.45) is 1.60. The third kappa shape index (κ3) is 3.26. The minimum Gasteiger partial charge on any atom is -0.356 e. The van der Waals surface area contributed by atoms with Crippen LogP contribution < -0.4 is 10.6 Å². The minimum atomic E-state index is 0.0862. The molecule has 2 amide bonds. The van der Waals surface area contributed by atoms with Gasteiger partial charge in [0.05, 0.1) is 5.92 Å². The van der Waals surface area contributed by atoms with E-state index in [1.54, 1.807) is 0 Å². The Labute approximate surface area is 115 Å². The monoisotopic (exact) mass is 267 g/mol. The molecule has 2 heterocycles. The Morgan fingerprint density at radius 1 is 1.26 bits per heavy atom. The molecule has 2 aliphatic heterocycles. The van der Waals surface area contributed by atoms with Gasteiger partial charge < -0.3 is 15.5 Å². The molecule has 0 saturated carbocycles. The summed E-state index contributed by atoms with van der Waals surface area (Å²) in [6, 6.07) is 0. The molecule has 0 aromatic carbocycles. The molecule has 0 radical (unpaired) electrons. The van der Waals surface area contributed by atoms with E-state index in [0.29, 0.717) is 12.5 Å². The molecule has 5 nitrogen and oxygen atoms in total. The van der Waals surface area contributed by atoms with Crippen molar-refractivity contribution in [1.29, 1.82) is 0 Å². The molecule has 0 aliphatic carbocycles. The van der Waals surface area contributed by atoms with Gasteiger partial charge in [-0.3, -0.25) is 9.59 Å². The van der Waals surface area contributed by atoms with Gasteiger partial charge in [-0.1, -0.05) is 6.92 Å². The van der Waals surface area contributed by atoms with Gasteiger partial charge in [-0.15, -0.1) is 0 Å². The van der Waals surface area contributed by atoms with Crippen molar-refractivity contribution in [2.45, 2.75) is 26.7 Å². The van der Waals surface area contributed by atoms with Gasteiger partial charge >= 0.3 is 0 Å². The molecule has 2 rings (SSSR count). The zero-order valence-electron chi connectivity index (χ0n) is 11.9. The highest BCUT2D eigenvalue weighted by Crippen LogP contribution is 2.23.